The van der Waals surface area contributed by atoms with Crippen molar-refractivity contribution in [2.75, 3.05) is 11.9 Å². The van der Waals surface area contributed by atoms with E-state index in [9.17, 15) is 19.6 Å². The molecule has 0 saturated heterocycles. The number of benzene rings is 2. The topological polar surface area (TPSA) is 130 Å². The van der Waals surface area contributed by atoms with Crippen molar-refractivity contribution in [2.45, 2.75) is 45.4 Å². The number of esters is 1. The van der Waals surface area contributed by atoms with Crippen molar-refractivity contribution in [1.82, 2.24) is 5.43 Å². The second-order valence-corrected chi connectivity index (χ2v) is 9.97. The number of carbonyl (C=O) groups is 3. The van der Waals surface area contributed by atoms with Gasteiger partial charge in [-0.1, -0.05) is 13.3 Å². The zero-order valence-corrected chi connectivity index (χ0v) is 22.3. The van der Waals surface area contributed by atoms with E-state index < -0.39 is 17.8 Å². The van der Waals surface area contributed by atoms with Crippen LogP contribution in [0.1, 0.15) is 64.5 Å². The fourth-order valence-corrected chi connectivity index (χ4v) is 5.19. The third-order valence-corrected chi connectivity index (χ3v) is 7.25. The second-order valence-electron chi connectivity index (χ2n) is 8.87. The van der Waals surface area contributed by atoms with Gasteiger partial charge in [0.25, 0.3) is 0 Å². The number of rotatable bonds is 9. The maximum Gasteiger partial charge on any atom is 0.343 e. The van der Waals surface area contributed by atoms with Gasteiger partial charge in [0.2, 0.25) is 0 Å². The van der Waals surface area contributed by atoms with Crippen molar-refractivity contribution in [3.05, 3.63) is 75.7 Å². The molecular formula is C29H28N4O5S. The Morgan fingerprint density at radius 2 is 1.74 bits per heavy atom. The Morgan fingerprint density at radius 3 is 2.46 bits per heavy atom. The highest BCUT2D eigenvalue weighted by atomic mass is 32.1. The summed E-state index contributed by atoms with van der Waals surface area (Å²) < 4.78 is 11.0. The van der Waals surface area contributed by atoms with Crippen LogP contribution < -0.4 is 20.2 Å². The molecular weight excluding hydrogens is 516 g/mol. The molecule has 0 spiro atoms. The fraction of sp³-hybridized carbons (Fsp3) is 0.276. The zero-order chi connectivity index (χ0) is 27.6. The second kappa shape index (κ2) is 13.3. The van der Waals surface area contributed by atoms with Crippen LogP contribution in [0.5, 0.6) is 11.5 Å². The van der Waals surface area contributed by atoms with Gasteiger partial charge in [0, 0.05) is 4.88 Å². The van der Waals surface area contributed by atoms with Crippen LogP contribution in [0.25, 0.3) is 0 Å². The highest BCUT2D eigenvalue weighted by Gasteiger charge is 2.23. The molecule has 0 unspecified atom stereocenters. The van der Waals surface area contributed by atoms with Crippen LogP contribution >= 0.6 is 11.3 Å². The first kappa shape index (κ1) is 27.5. The number of hydrogen-bond acceptors (Lipinski definition) is 8. The number of anilines is 1. The molecule has 2 N–H and O–H groups in total. The van der Waals surface area contributed by atoms with E-state index in [0.717, 1.165) is 49.0 Å². The van der Waals surface area contributed by atoms with E-state index in [-0.39, 0.29) is 0 Å². The summed E-state index contributed by atoms with van der Waals surface area (Å²) in [6.07, 6.45) is 7.11. The number of nitriles is 1. The number of nitrogens with one attached hydrogen (secondary N) is 2. The summed E-state index contributed by atoms with van der Waals surface area (Å²) in [4.78, 5) is 38.0. The maximum atomic E-state index is 12.4. The predicted molar refractivity (Wildman–Crippen MR) is 148 cm³/mol. The molecule has 1 heterocycles. The van der Waals surface area contributed by atoms with Crippen molar-refractivity contribution >= 4 is 40.3 Å². The van der Waals surface area contributed by atoms with Gasteiger partial charge >= 0.3 is 17.8 Å². The smallest absolute Gasteiger partial charge is 0.343 e. The number of amides is 2. The molecule has 1 aliphatic carbocycles. The van der Waals surface area contributed by atoms with Crippen LogP contribution in [-0.4, -0.2) is 30.6 Å². The number of nitrogens with zero attached hydrogens (tertiary/aromatic N) is 2. The third-order valence-electron chi connectivity index (χ3n) is 6.04. The molecule has 0 aliphatic heterocycles. The van der Waals surface area contributed by atoms with E-state index in [4.69, 9.17) is 9.47 Å². The number of hydrogen-bond donors (Lipinski definition) is 2. The molecule has 10 heteroatoms. The molecule has 0 saturated carbocycles. The highest BCUT2D eigenvalue weighted by Crippen LogP contribution is 2.37. The summed E-state index contributed by atoms with van der Waals surface area (Å²) in [6, 6.07) is 15.4. The molecule has 2 aromatic carbocycles. The molecule has 1 aliphatic rings. The Labute approximate surface area is 230 Å². The van der Waals surface area contributed by atoms with Crippen molar-refractivity contribution in [3.8, 4) is 17.6 Å². The Morgan fingerprint density at radius 1 is 1.03 bits per heavy atom. The Kier molecular flexibility index (Phi) is 9.43. The minimum atomic E-state index is -0.950. The van der Waals surface area contributed by atoms with E-state index in [2.05, 4.69) is 28.8 Å². The van der Waals surface area contributed by atoms with Gasteiger partial charge in [-0.3, -0.25) is 9.59 Å². The SMILES string of the molecule is CCCCOc1ccc(C(=O)Oc2ccc(/C=N\NC(=O)C(=O)Nc3sc4c(c3C#N)CCCC4)cc2)cc1. The highest BCUT2D eigenvalue weighted by molar-refractivity contribution is 7.16. The van der Waals surface area contributed by atoms with E-state index in [1.54, 1.807) is 48.5 Å². The summed E-state index contributed by atoms with van der Waals surface area (Å²) in [5, 5.41) is 16.3. The predicted octanol–water partition coefficient (Wildman–Crippen LogP) is 4.99. The first-order valence-electron chi connectivity index (χ1n) is 12.7. The number of hydrazone groups is 1. The molecule has 3 aromatic rings. The maximum absolute atomic E-state index is 12.4. The van der Waals surface area contributed by atoms with Gasteiger partial charge in [-0.15, -0.1) is 11.3 Å². The van der Waals surface area contributed by atoms with E-state index in [1.807, 2.05) is 0 Å². The summed E-state index contributed by atoms with van der Waals surface area (Å²) in [5.74, 6) is -1.30. The van der Waals surface area contributed by atoms with Gasteiger partial charge in [-0.25, -0.2) is 10.2 Å². The van der Waals surface area contributed by atoms with Gasteiger partial charge in [0.05, 0.1) is 23.9 Å². The molecule has 9 nitrogen and oxygen atoms in total. The first-order chi connectivity index (χ1) is 19.0. The number of ether oxygens (including phenoxy) is 2. The normalized spacial score (nSPS) is 12.3. The lowest BCUT2D eigenvalue weighted by molar-refractivity contribution is -0.136. The lowest BCUT2D eigenvalue weighted by Gasteiger charge is -2.09. The van der Waals surface area contributed by atoms with Crippen molar-refractivity contribution in [2.24, 2.45) is 5.10 Å². The minimum absolute atomic E-state index is 0.343. The molecule has 200 valence electrons. The molecule has 4 rings (SSSR count). The first-order valence-corrected chi connectivity index (χ1v) is 13.5. The van der Waals surface area contributed by atoms with Gasteiger partial charge in [-0.2, -0.15) is 10.4 Å². The number of thiophene rings is 1. The van der Waals surface area contributed by atoms with Gasteiger partial charge in [-0.05, 0) is 91.8 Å². The average molecular weight is 545 g/mol. The molecule has 0 fully saturated rings. The molecule has 0 atom stereocenters. The van der Waals surface area contributed by atoms with Crippen LogP contribution in [0.15, 0.2) is 53.6 Å². The summed E-state index contributed by atoms with van der Waals surface area (Å²) >= 11 is 1.35. The van der Waals surface area contributed by atoms with E-state index in [0.29, 0.717) is 39.8 Å². The van der Waals surface area contributed by atoms with E-state index in [1.165, 1.54) is 17.6 Å². The molecule has 1 aromatic heterocycles. The van der Waals surface area contributed by atoms with Crippen LogP contribution in [0.2, 0.25) is 0 Å². The van der Waals surface area contributed by atoms with Crippen LogP contribution in [0.3, 0.4) is 0 Å². The third kappa shape index (κ3) is 7.30. The van der Waals surface area contributed by atoms with Crippen LogP contribution in [-0.2, 0) is 22.4 Å². The lowest BCUT2D eigenvalue weighted by Crippen LogP contribution is -2.32. The lowest BCUT2D eigenvalue weighted by atomic mass is 9.96. The van der Waals surface area contributed by atoms with Gasteiger partial charge < -0.3 is 14.8 Å². The quantitative estimate of drug-likeness (QED) is 0.0975. The Balaban J connectivity index is 1.26. The molecule has 0 bridgehead atoms. The Bertz CT molecular complexity index is 1410. The van der Waals surface area contributed by atoms with Gasteiger partial charge in [0.15, 0.2) is 0 Å². The van der Waals surface area contributed by atoms with Crippen LogP contribution in [0, 0.1) is 11.3 Å². The fourth-order valence-electron chi connectivity index (χ4n) is 3.96. The van der Waals surface area contributed by atoms with Crippen molar-refractivity contribution in [1.29, 1.82) is 5.26 Å². The van der Waals surface area contributed by atoms with Crippen LogP contribution in [0.4, 0.5) is 5.00 Å². The Hall–Kier alpha value is -4.49. The summed E-state index contributed by atoms with van der Waals surface area (Å²) in [5.41, 5.74) is 4.61. The standard InChI is InChI=1S/C29H28N4O5S/c1-2-3-16-37-21-14-10-20(11-15-21)29(36)38-22-12-8-19(9-13-22)18-31-33-27(35)26(34)32-28-24(17-30)23-6-4-5-7-25(23)39-28/h8-15,18H,2-7,16H2,1H3,(H,32,34)(H,33,35)/b31-18-. The van der Waals surface area contributed by atoms with Gasteiger partial charge in [0.1, 0.15) is 22.6 Å². The van der Waals surface area contributed by atoms with E-state index >= 15 is 0 Å². The number of unbranched alkanes of at least 4 members (excludes halogenated alkanes) is 1. The monoisotopic (exact) mass is 544 g/mol. The largest absolute Gasteiger partial charge is 0.494 e. The van der Waals surface area contributed by atoms with Crippen molar-refractivity contribution < 1.29 is 23.9 Å². The minimum Gasteiger partial charge on any atom is -0.494 e. The number of aryl methyl sites for hydroxylation is 1. The molecule has 39 heavy (non-hydrogen) atoms. The summed E-state index contributed by atoms with van der Waals surface area (Å²) in [7, 11) is 0. The summed E-state index contributed by atoms with van der Waals surface area (Å²) in [6.45, 7) is 2.72. The molecule has 2 amide bonds. The van der Waals surface area contributed by atoms with Crippen molar-refractivity contribution in [3.63, 3.8) is 0 Å². The average Bonchev–Trinajstić information content (AvgIpc) is 3.31. The zero-order valence-electron chi connectivity index (χ0n) is 21.5. The number of fused-ring (bicyclic) bond motifs is 1. The number of carbonyl (C=O) groups excluding carboxylic acids is 3. The molecule has 0 radical (unpaired) electrons.